The van der Waals surface area contributed by atoms with Crippen molar-refractivity contribution in [1.82, 2.24) is 5.32 Å². The van der Waals surface area contributed by atoms with Crippen LogP contribution in [0.25, 0.3) is 0 Å². The molecule has 510 valence electrons. The van der Waals surface area contributed by atoms with E-state index in [-0.39, 0.29) is 18.5 Å². The summed E-state index contributed by atoms with van der Waals surface area (Å²) in [5.74, 6) is -0.0408. The molecule has 86 heavy (non-hydrogen) atoms. The van der Waals surface area contributed by atoms with E-state index in [9.17, 15) is 19.8 Å². The maximum atomic E-state index is 12.5. The van der Waals surface area contributed by atoms with E-state index in [1.165, 1.54) is 379 Å². The van der Waals surface area contributed by atoms with Gasteiger partial charge >= 0.3 is 5.97 Å². The number of ether oxygens (including phenoxy) is 1. The lowest BCUT2D eigenvalue weighted by molar-refractivity contribution is -0.143. The van der Waals surface area contributed by atoms with Crippen molar-refractivity contribution in [3.8, 4) is 0 Å². The number of aliphatic hydroxyl groups excluding tert-OH is 2. The lowest BCUT2D eigenvalue weighted by atomic mass is 10.0. The third-order valence-electron chi connectivity index (χ3n) is 18.7. The number of allylic oxidation sites excluding steroid dienone is 3. The maximum absolute atomic E-state index is 12.5. The molecule has 0 aliphatic rings. The van der Waals surface area contributed by atoms with Crippen molar-refractivity contribution >= 4 is 11.9 Å². The zero-order valence-corrected chi connectivity index (χ0v) is 58.6. The summed E-state index contributed by atoms with van der Waals surface area (Å²) >= 11 is 0. The van der Waals surface area contributed by atoms with Crippen LogP contribution < -0.4 is 5.32 Å². The van der Waals surface area contributed by atoms with Crippen LogP contribution in [-0.4, -0.2) is 47.4 Å². The summed E-state index contributed by atoms with van der Waals surface area (Å²) in [4.78, 5) is 24.7. The highest BCUT2D eigenvalue weighted by atomic mass is 16.5. The molecule has 6 heteroatoms. The van der Waals surface area contributed by atoms with E-state index in [0.717, 1.165) is 44.9 Å². The lowest BCUT2D eigenvalue weighted by Gasteiger charge is -2.20. The second-order valence-corrected chi connectivity index (χ2v) is 27.4. The summed E-state index contributed by atoms with van der Waals surface area (Å²) in [5, 5.41) is 23.3. The van der Waals surface area contributed by atoms with Gasteiger partial charge in [-0.15, -0.1) is 0 Å². The third kappa shape index (κ3) is 71.4. The van der Waals surface area contributed by atoms with Gasteiger partial charge in [-0.1, -0.05) is 404 Å². The van der Waals surface area contributed by atoms with Gasteiger partial charge in [-0.25, -0.2) is 0 Å². The molecule has 0 aliphatic heterocycles. The fraction of sp³-hybridized carbons (Fsp3) is 0.925. The Morgan fingerprint density at radius 2 is 0.547 bits per heavy atom. The Labute approximate surface area is 539 Å². The average Bonchev–Trinajstić information content (AvgIpc) is 3.53. The van der Waals surface area contributed by atoms with Crippen LogP contribution >= 0.6 is 0 Å². The number of carbonyl (C=O) groups is 2. The first-order chi connectivity index (χ1) is 42.5. The van der Waals surface area contributed by atoms with E-state index in [1.807, 2.05) is 6.08 Å². The Balaban J connectivity index is 3.34. The molecule has 0 rings (SSSR count). The predicted molar refractivity (Wildman–Crippen MR) is 380 cm³/mol. The first-order valence-corrected chi connectivity index (χ1v) is 39.6. The summed E-state index contributed by atoms with van der Waals surface area (Å²) in [6.45, 7) is 4.95. The summed E-state index contributed by atoms with van der Waals surface area (Å²) in [6, 6.07) is -0.625. The van der Waals surface area contributed by atoms with Crippen molar-refractivity contribution < 1.29 is 24.5 Å². The van der Waals surface area contributed by atoms with Crippen LogP contribution in [0.1, 0.15) is 450 Å². The van der Waals surface area contributed by atoms with E-state index in [2.05, 4.69) is 31.3 Å². The van der Waals surface area contributed by atoms with Gasteiger partial charge in [-0.3, -0.25) is 9.59 Å². The van der Waals surface area contributed by atoms with Crippen LogP contribution in [0.15, 0.2) is 24.3 Å². The number of esters is 1. The average molecular weight is 1210 g/mol. The fourth-order valence-corrected chi connectivity index (χ4v) is 12.7. The maximum Gasteiger partial charge on any atom is 0.305 e. The highest BCUT2D eigenvalue weighted by Crippen LogP contribution is 2.20. The fourth-order valence-electron chi connectivity index (χ4n) is 12.7. The number of carbonyl (C=O) groups excluding carboxylic acids is 2. The largest absolute Gasteiger partial charge is 0.466 e. The molecule has 0 aromatic carbocycles. The summed E-state index contributed by atoms with van der Waals surface area (Å²) in [5.41, 5.74) is 0. The van der Waals surface area contributed by atoms with Gasteiger partial charge in [0, 0.05) is 12.8 Å². The molecule has 0 spiro atoms. The van der Waals surface area contributed by atoms with E-state index < -0.39 is 12.1 Å². The Kier molecular flexibility index (Phi) is 74.3. The first-order valence-electron chi connectivity index (χ1n) is 39.6. The van der Waals surface area contributed by atoms with Crippen LogP contribution in [0.5, 0.6) is 0 Å². The Bertz CT molecular complexity index is 1350. The lowest BCUT2D eigenvalue weighted by Crippen LogP contribution is -2.45. The van der Waals surface area contributed by atoms with Crippen LogP contribution in [-0.2, 0) is 14.3 Å². The monoisotopic (exact) mass is 1210 g/mol. The van der Waals surface area contributed by atoms with Crippen LogP contribution in [0, 0.1) is 0 Å². The Morgan fingerprint density at radius 3 is 0.826 bits per heavy atom. The summed E-state index contributed by atoms with van der Waals surface area (Å²) < 4.78 is 5.51. The van der Waals surface area contributed by atoms with E-state index in [4.69, 9.17) is 4.74 Å². The molecule has 0 saturated heterocycles. The second kappa shape index (κ2) is 75.8. The predicted octanol–water partition coefficient (Wildman–Crippen LogP) is 26.0. The number of amides is 1. The van der Waals surface area contributed by atoms with Crippen molar-refractivity contribution in [3.63, 3.8) is 0 Å². The van der Waals surface area contributed by atoms with Gasteiger partial charge in [0.1, 0.15) is 0 Å². The molecule has 0 radical (unpaired) electrons. The minimum atomic E-state index is -0.842. The molecule has 6 nitrogen and oxygen atoms in total. The standard InChI is InChI=1S/C80H155NO5/c1-3-5-7-9-11-13-15-17-19-21-22-34-37-41-44-48-52-56-60-64-68-72-78(83)77(76-82)81-79(84)73-69-65-61-57-53-49-45-42-38-35-32-30-28-26-24-23-25-27-29-31-33-36-39-43-47-51-55-59-63-67-71-75-86-80(85)74-70-66-62-58-54-50-46-40-20-18-16-14-12-10-8-6-4-2/h18,20,68,72,77-78,82-83H,3-17,19,21-67,69-71,73-76H2,1-2H3,(H,81,84)/b20-18-,72-68+. The van der Waals surface area contributed by atoms with Crippen molar-refractivity contribution in [1.29, 1.82) is 0 Å². The van der Waals surface area contributed by atoms with Crippen molar-refractivity contribution in [3.05, 3.63) is 24.3 Å². The number of rotatable bonds is 75. The second-order valence-electron chi connectivity index (χ2n) is 27.4. The molecule has 0 bridgehead atoms. The van der Waals surface area contributed by atoms with Gasteiger partial charge in [0.15, 0.2) is 0 Å². The van der Waals surface area contributed by atoms with Crippen LogP contribution in [0.3, 0.4) is 0 Å². The van der Waals surface area contributed by atoms with E-state index >= 15 is 0 Å². The summed E-state index contributed by atoms with van der Waals surface area (Å²) in [6.07, 6.45) is 97.3. The number of hydrogen-bond acceptors (Lipinski definition) is 5. The number of hydrogen-bond donors (Lipinski definition) is 3. The highest BCUT2D eigenvalue weighted by Gasteiger charge is 2.18. The van der Waals surface area contributed by atoms with Gasteiger partial charge in [0.25, 0.3) is 0 Å². The van der Waals surface area contributed by atoms with E-state index in [1.54, 1.807) is 6.08 Å². The molecular weight excluding hydrogens is 1050 g/mol. The first kappa shape index (κ1) is 84.3. The molecule has 0 aromatic heterocycles. The number of aliphatic hydroxyl groups is 2. The molecule has 0 aromatic rings. The molecular formula is C80H155NO5. The molecule has 1 amide bonds. The van der Waals surface area contributed by atoms with Gasteiger partial charge in [-0.05, 0) is 57.8 Å². The van der Waals surface area contributed by atoms with Crippen molar-refractivity contribution in [2.45, 2.75) is 463 Å². The molecule has 0 aliphatic carbocycles. The van der Waals surface area contributed by atoms with Crippen LogP contribution in [0.4, 0.5) is 0 Å². The molecule has 0 saturated carbocycles. The molecule has 2 atom stereocenters. The van der Waals surface area contributed by atoms with Crippen molar-refractivity contribution in [2.75, 3.05) is 13.2 Å². The smallest absolute Gasteiger partial charge is 0.305 e. The minimum absolute atomic E-state index is 0.0181. The SMILES string of the molecule is CCCCCCCC/C=C\CCCCCCCCCC(=O)OCCCCCCCCCCCCCCCCCCCCCCCCCCCCCCCCCC(=O)NC(CO)C(O)/C=C/CCCCCCCCCCCCCCCCCCCCC. The molecule has 2 unspecified atom stereocenters. The zero-order chi connectivity index (χ0) is 62.0. The van der Waals surface area contributed by atoms with Gasteiger partial charge < -0.3 is 20.3 Å². The summed E-state index contributed by atoms with van der Waals surface area (Å²) in [7, 11) is 0. The van der Waals surface area contributed by atoms with Crippen molar-refractivity contribution in [2.24, 2.45) is 0 Å². The minimum Gasteiger partial charge on any atom is -0.466 e. The Hall–Kier alpha value is -1.66. The van der Waals surface area contributed by atoms with E-state index in [0.29, 0.717) is 19.4 Å². The molecule has 3 N–H and O–H groups in total. The van der Waals surface area contributed by atoms with Gasteiger partial charge in [-0.2, -0.15) is 0 Å². The van der Waals surface area contributed by atoms with Gasteiger partial charge in [0.05, 0.1) is 25.4 Å². The quantitative estimate of drug-likeness (QED) is 0.0320. The zero-order valence-electron chi connectivity index (χ0n) is 58.6. The van der Waals surface area contributed by atoms with Crippen LogP contribution in [0.2, 0.25) is 0 Å². The number of unbranched alkanes of at least 4 members (excludes halogenated alkanes) is 62. The molecule has 0 heterocycles. The topological polar surface area (TPSA) is 95.9 Å². The normalized spacial score (nSPS) is 12.6. The number of nitrogens with one attached hydrogen (secondary N) is 1. The third-order valence-corrected chi connectivity index (χ3v) is 18.7. The molecule has 0 fully saturated rings. The Morgan fingerprint density at radius 1 is 0.314 bits per heavy atom. The van der Waals surface area contributed by atoms with Gasteiger partial charge in [0.2, 0.25) is 5.91 Å². The highest BCUT2D eigenvalue weighted by molar-refractivity contribution is 5.76.